The number of ether oxygens (including phenoxy) is 1. The van der Waals surface area contributed by atoms with Gasteiger partial charge in [-0.3, -0.25) is 9.69 Å². The maximum Gasteiger partial charge on any atom is 0.260 e. The molecule has 0 radical (unpaired) electrons. The van der Waals surface area contributed by atoms with Gasteiger partial charge < -0.3 is 9.64 Å². The number of rotatable bonds is 5. The smallest absolute Gasteiger partial charge is 0.260 e. The summed E-state index contributed by atoms with van der Waals surface area (Å²) in [5, 5.41) is 0. The molecule has 0 bridgehead atoms. The van der Waals surface area contributed by atoms with Crippen molar-refractivity contribution < 1.29 is 9.53 Å². The summed E-state index contributed by atoms with van der Waals surface area (Å²) in [5.74, 6) is 0.779. The van der Waals surface area contributed by atoms with E-state index in [2.05, 4.69) is 11.0 Å². The number of nitrogens with zero attached hydrogens (tertiary/aromatic N) is 2. The van der Waals surface area contributed by atoms with Crippen LogP contribution in [0.5, 0.6) is 5.75 Å². The summed E-state index contributed by atoms with van der Waals surface area (Å²) in [6, 6.07) is 13.4. The zero-order chi connectivity index (χ0) is 16.1. The van der Waals surface area contributed by atoms with Crippen molar-refractivity contribution in [2.75, 3.05) is 32.8 Å². The van der Waals surface area contributed by atoms with Crippen LogP contribution in [0.4, 0.5) is 0 Å². The summed E-state index contributed by atoms with van der Waals surface area (Å²) >= 11 is 7.58. The standard InChI is InChI=1S/C17H19ClN2O2S/c18-16-7-6-15(23-16)12-19-8-10-20(11-9-19)17(21)13-22-14-4-2-1-3-5-14/h1-7H,8-13H2. The van der Waals surface area contributed by atoms with Crippen LogP contribution < -0.4 is 4.74 Å². The van der Waals surface area contributed by atoms with Gasteiger partial charge in [-0.15, -0.1) is 11.3 Å². The molecular weight excluding hydrogens is 332 g/mol. The van der Waals surface area contributed by atoms with E-state index in [1.807, 2.05) is 41.3 Å². The van der Waals surface area contributed by atoms with Crippen molar-refractivity contribution in [1.29, 1.82) is 0 Å². The van der Waals surface area contributed by atoms with E-state index in [4.69, 9.17) is 16.3 Å². The van der Waals surface area contributed by atoms with Crippen LogP contribution in [0.1, 0.15) is 4.88 Å². The Morgan fingerprint density at radius 3 is 2.48 bits per heavy atom. The van der Waals surface area contributed by atoms with E-state index >= 15 is 0 Å². The number of para-hydroxylation sites is 1. The average molecular weight is 351 g/mol. The number of carbonyl (C=O) groups excluding carboxylic acids is 1. The average Bonchev–Trinajstić information content (AvgIpc) is 2.99. The number of hydrogen-bond donors (Lipinski definition) is 0. The third-order valence-electron chi connectivity index (χ3n) is 3.84. The van der Waals surface area contributed by atoms with E-state index < -0.39 is 0 Å². The summed E-state index contributed by atoms with van der Waals surface area (Å²) in [6.07, 6.45) is 0. The zero-order valence-corrected chi connectivity index (χ0v) is 14.4. The van der Waals surface area contributed by atoms with Gasteiger partial charge in [-0.1, -0.05) is 29.8 Å². The molecule has 0 atom stereocenters. The van der Waals surface area contributed by atoms with Crippen molar-refractivity contribution in [2.24, 2.45) is 0 Å². The van der Waals surface area contributed by atoms with E-state index in [0.29, 0.717) is 0 Å². The lowest BCUT2D eigenvalue weighted by Gasteiger charge is -2.34. The summed E-state index contributed by atoms with van der Waals surface area (Å²) in [5.41, 5.74) is 0. The molecule has 0 saturated carbocycles. The van der Waals surface area contributed by atoms with Gasteiger partial charge in [-0.05, 0) is 24.3 Å². The Morgan fingerprint density at radius 1 is 1.09 bits per heavy atom. The highest BCUT2D eigenvalue weighted by atomic mass is 35.5. The van der Waals surface area contributed by atoms with Gasteiger partial charge in [0, 0.05) is 37.6 Å². The number of thiophene rings is 1. The van der Waals surface area contributed by atoms with Gasteiger partial charge in [0.15, 0.2) is 6.61 Å². The van der Waals surface area contributed by atoms with Gasteiger partial charge in [0.25, 0.3) is 5.91 Å². The predicted molar refractivity (Wildman–Crippen MR) is 93.1 cm³/mol. The number of piperazine rings is 1. The molecule has 0 unspecified atom stereocenters. The van der Waals surface area contributed by atoms with Crippen molar-refractivity contribution in [3.63, 3.8) is 0 Å². The van der Waals surface area contributed by atoms with E-state index in [9.17, 15) is 4.79 Å². The van der Waals surface area contributed by atoms with Crippen molar-refractivity contribution in [1.82, 2.24) is 9.80 Å². The van der Waals surface area contributed by atoms with E-state index in [-0.39, 0.29) is 12.5 Å². The number of carbonyl (C=O) groups is 1. The van der Waals surface area contributed by atoms with Gasteiger partial charge >= 0.3 is 0 Å². The molecule has 1 amide bonds. The van der Waals surface area contributed by atoms with Gasteiger partial charge in [0.05, 0.1) is 4.34 Å². The molecule has 6 heteroatoms. The topological polar surface area (TPSA) is 32.8 Å². The third-order valence-corrected chi connectivity index (χ3v) is 5.05. The molecule has 0 spiro atoms. The highest BCUT2D eigenvalue weighted by molar-refractivity contribution is 7.16. The quantitative estimate of drug-likeness (QED) is 0.830. The summed E-state index contributed by atoms with van der Waals surface area (Å²) in [7, 11) is 0. The molecular formula is C17H19ClN2O2S. The number of amides is 1. The van der Waals surface area contributed by atoms with Crippen LogP contribution in [-0.4, -0.2) is 48.5 Å². The minimum atomic E-state index is 0.0488. The van der Waals surface area contributed by atoms with Crippen LogP contribution in [0.2, 0.25) is 4.34 Å². The molecule has 0 N–H and O–H groups in total. The molecule has 1 fully saturated rings. The Hall–Kier alpha value is -1.56. The van der Waals surface area contributed by atoms with E-state index in [1.54, 1.807) is 11.3 Å². The van der Waals surface area contributed by atoms with Crippen molar-refractivity contribution in [3.8, 4) is 5.75 Å². The summed E-state index contributed by atoms with van der Waals surface area (Å²) < 4.78 is 6.35. The Bertz CT molecular complexity index is 639. The number of hydrogen-bond acceptors (Lipinski definition) is 4. The maximum absolute atomic E-state index is 12.2. The molecule has 1 aliphatic heterocycles. The van der Waals surface area contributed by atoms with Gasteiger partial charge in [0.1, 0.15) is 5.75 Å². The Morgan fingerprint density at radius 2 is 1.83 bits per heavy atom. The maximum atomic E-state index is 12.2. The molecule has 122 valence electrons. The normalized spacial score (nSPS) is 15.6. The van der Waals surface area contributed by atoms with E-state index in [1.165, 1.54) is 4.88 Å². The fraction of sp³-hybridized carbons (Fsp3) is 0.353. The first-order valence-corrected chi connectivity index (χ1v) is 8.82. The van der Waals surface area contributed by atoms with Crippen LogP contribution in [0, 0.1) is 0 Å². The molecule has 1 saturated heterocycles. The molecule has 4 nitrogen and oxygen atoms in total. The first-order valence-electron chi connectivity index (χ1n) is 7.63. The van der Waals surface area contributed by atoms with E-state index in [0.717, 1.165) is 42.8 Å². The summed E-state index contributed by atoms with van der Waals surface area (Å²) in [4.78, 5) is 17.7. The molecule has 1 aliphatic rings. The number of benzene rings is 1. The monoisotopic (exact) mass is 350 g/mol. The number of halogens is 1. The van der Waals surface area contributed by atoms with Crippen molar-refractivity contribution in [3.05, 3.63) is 51.7 Å². The first kappa shape index (κ1) is 16.3. The van der Waals surface area contributed by atoms with Crippen LogP contribution in [0.25, 0.3) is 0 Å². The summed E-state index contributed by atoms with van der Waals surface area (Å²) in [6.45, 7) is 4.26. The molecule has 0 aliphatic carbocycles. The van der Waals surface area contributed by atoms with Crippen molar-refractivity contribution >= 4 is 28.8 Å². The predicted octanol–water partition coefficient (Wildman–Crippen LogP) is 3.12. The lowest BCUT2D eigenvalue weighted by Crippen LogP contribution is -2.49. The second-order valence-electron chi connectivity index (χ2n) is 5.46. The SMILES string of the molecule is O=C(COc1ccccc1)N1CCN(Cc2ccc(Cl)s2)CC1. The first-order chi connectivity index (χ1) is 11.2. The Kier molecular flexibility index (Phi) is 5.54. The van der Waals surface area contributed by atoms with Crippen molar-refractivity contribution in [2.45, 2.75) is 6.54 Å². The fourth-order valence-electron chi connectivity index (χ4n) is 2.57. The molecule has 1 aromatic carbocycles. The lowest BCUT2D eigenvalue weighted by atomic mass is 10.3. The Balaban J connectivity index is 1.42. The highest BCUT2D eigenvalue weighted by Gasteiger charge is 2.21. The van der Waals surface area contributed by atoms with Gasteiger partial charge in [0.2, 0.25) is 0 Å². The van der Waals surface area contributed by atoms with Crippen LogP contribution in [-0.2, 0) is 11.3 Å². The second-order valence-corrected chi connectivity index (χ2v) is 7.26. The highest BCUT2D eigenvalue weighted by Crippen LogP contribution is 2.23. The molecule has 1 aromatic heterocycles. The fourth-order valence-corrected chi connectivity index (χ4v) is 3.70. The zero-order valence-electron chi connectivity index (χ0n) is 12.8. The minimum absolute atomic E-state index is 0.0488. The molecule has 23 heavy (non-hydrogen) atoms. The lowest BCUT2D eigenvalue weighted by molar-refractivity contribution is -0.135. The second kappa shape index (κ2) is 7.81. The molecule has 2 heterocycles. The van der Waals surface area contributed by atoms with Crippen LogP contribution >= 0.6 is 22.9 Å². The van der Waals surface area contributed by atoms with Gasteiger partial charge in [-0.25, -0.2) is 0 Å². The van der Waals surface area contributed by atoms with Gasteiger partial charge in [-0.2, -0.15) is 0 Å². The third kappa shape index (κ3) is 4.70. The molecule has 3 rings (SSSR count). The minimum Gasteiger partial charge on any atom is -0.484 e. The Labute approximate surface area is 145 Å². The van der Waals surface area contributed by atoms with Crippen LogP contribution in [0.3, 0.4) is 0 Å². The van der Waals surface area contributed by atoms with Crippen LogP contribution in [0.15, 0.2) is 42.5 Å². The molecule has 2 aromatic rings. The largest absolute Gasteiger partial charge is 0.484 e.